The molecule has 2 aromatic heterocycles. The minimum Gasteiger partial charge on any atom is -0.416 e. The number of benzene rings is 7. The molecular weight excluding hydrogens is 659 g/mol. The Morgan fingerprint density at radius 3 is 1.61 bits per heavy atom. The molecular formula is C50H35N3O. The molecule has 4 nitrogen and oxygen atoms in total. The van der Waals surface area contributed by atoms with Gasteiger partial charge in [0.1, 0.15) is 0 Å². The maximum atomic E-state index is 6.22. The van der Waals surface area contributed by atoms with Gasteiger partial charge in [-0.3, -0.25) is 0 Å². The van der Waals surface area contributed by atoms with Crippen LogP contribution in [0.15, 0.2) is 199 Å². The molecule has 0 N–H and O–H groups in total. The van der Waals surface area contributed by atoms with Crippen molar-refractivity contribution in [3.63, 3.8) is 0 Å². The van der Waals surface area contributed by atoms with Crippen LogP contribution in [-0.4, -0.2) is 14.8 Å². The van der Waals surface area contributed by atoms with Crippen LogP contribution in [0.2, 0.25) is 0 Å². The van der Waals surface area contributed by atoms with E-state index in [0.717, 1.165) is 34.4 Å². The van der Waals surface area contributed by atoms with Crippen molar-refractivity contribution >= 4 is 21.8 Å². The molecule has 9 aromatic rings. The van der Waals surface area contributed by atoms with Crippen molar-refractivity contribution in [2.75, 3.05) is 0 Å². The smallest absolute Gasteiger partial charge is 0.248 e. The van der Waals surface area contributed by atoms with E-state index in [1.165, 1.54) is 49.6 Å². The summed E-state index contributed by atoms with van der Waals surface area (Å²) in [6.07, 6.45) is 9.64. The standard InChI is InChI=1S/C50H35N3O/c1-2-13-34(14-3-1)38-15-12-16-39(33-38)50-52-51-49(54-50)37-27-25-35(26-28-37)41-17-4-6-19-43(41)44-20-7-5-18-42(44)36-29-31-40(32-30-36)53-47-23-10-8-21-45(47)46-22-9-11-24-48(46)53/h1-13,15-34H,14H2. The number of aromatic nitrogens is 3. The lowest BCUT2D eigenvalue weighted by atomic mass is 9.89. The molecule has 4 heteroatoms. The second-order valence-corrected chi connectivity index (χ2v) is 13.8. The van der Waals surface area contributed by atoms with Crippen molar-refractivity contribution < 1.29 is 4.42 Å². The number of rotatable bonds is 7. The van der Waals surface area contributed by atoms with E-state index >= 15 is 0 Å². The van der Waals surface area contributed by atoms with Crippen molar-refractivity contribution in [2.45, 2.75) is 12.3 Å². The Kier molecular flexibility index (Phi) is 7.92. The van der Waals surface area contributed by atoms with Gasteiger partial charge in [-0.1, -0.05) is 146 Å². The van der Waals surface area contributed by atoms with Crippen LogP contribution in [0, 0.1) is 0 Å². The van der Waals surface area contributed by atoms with E-state index < -0.39 is 0 Å². The molecule has 0 aliphatic heterocycles. The van der Waals surface area contributed by atoms with E-state index in [-0.39, 0.29) is 0 Å². The lowest BCUT2D eigenvalue weighted by molar-refractivity contribution is 0.584. The van der Waals surface area contributed by atoms with Gasteiger partial charge in [-0.15, -0.1) is 10.2 Å². The molecule has 256 valence electrons. The molecule has 1 aliphatic carbocycles. The second-order valence-electron chi connectivity index (χ2n) is 13.8. The maximum absolute atomic E-state index is 6.22. The average molecular weight is 694 g/mol. The van der Waals surface area contributed by atoms with Crippen LogP contribution in [0.3, 0.4) is 0 Å². The Hall–Kier alpha value is -7.04. The first kappa shape index (κ1) is 31.7. The second kappa shape index (κ2) is 13.5. The first-order valence-electron chi connectivity index (χ1n) is 18.4. The van der Waals surface area contributed by atoms with Crippen LogP contribution in [0.25, 0.3) is 83.8 Å². The number of fused-ring (bicyclic) bond motifs is 3. The zero-order valence-corrected chi connectivity index (χ0v) is 29.5. The highest BCUT2D eigenvalue weighted by Gasteiger charge is 2.17. The lowest BCUT2D eigenvalue weighted by Crippen LogP contribution is -1.96. The van der Waals surface area contributed by atoms with Gasteiger partial charge in [0.25, 0.3) is 0 Å². The minimum atomic E-state index is 0.359. The molecule has 54 heavy (non-hydrogen) atoms. The molecule has 2 heterocycles. The van der Waals surface area contributed by atoms with Gasteiger partial charge in [-0.2, -0.15) is 0 Å². The highest BCUT2D eigenvalue weighted by atomic mass is 16.4. The summed E-state index contributed by atoms with van der Waals surface area (Å²) in [6, 6.07) is 60.4. The summed E-state index contributed by atoms with van der Waals surface area (Å²) in [4.78, 5) is 0. The molecule has 0 spiro atoms. The number of nitrogens with zero attached hydrogens (tertiary/aromatic N) is 3. The quantitative estimate of drug-likeness (QED) is 0.167. The third-order valence-electron chi connectivity index (χ3n) is 10.6. The maximum Gasteiger partial charge on any atom is 0.248 e. The highest BCUT2D eigenvalue weighted by molar-refractivity contribution is 6.09. The first-order chi connectivity index (χ1) is 26.8. The molecule has 0 fully saturated rings. The Morgan fingerprint density at radius 2 is 1.00 bits per heavy atom. The zero-order chi connectivity index (χ0) is 35.8. The van der Waals surface area contributed by atoms with Crippen LogP contribution in [-0.2, 0) is 0 Å². The molecule has 0 saturated carbocycles. The van der Waals surface area contributed by atoms with Crippen molar-refractivity contribution in [1.82, 2.24) is 14.8 Å². The Balaban J connectivity index is 0.949. The SMILES string of the molecule is C1=CCC(c2cccc(-c3nnc(-c4ccc(-c5ccccc5-c5ccccc5-c5ccc(-n6c7ccccc7c7ccccc76)cc5)cc4)o3)c2)C=C1. The Labute approximate surface area is 314 Å². The fraction of sp³-hybridized carbons (Fsp3) is 0.0400. The van der Waals surface area contributed by atoms with Gasteiger partial charge >= 0.3 is 0 Å². The molecule has 0 saturated heterocycles. The lowest BCUT2D eigenvalue weighted by Gasteiger charge is -2.15. The number of allylic oxidation sites excluding steroid dienone is 4. The van der Waals surface area contributed by atoms with Gasteiger partial charge in [0, 0.05) is 33.5 Å². The van der Waals surface area contributed by atoms with E-state index in [1.807, 2.05) is 6.07 Å². The van der Waals surface area contributed by atoms with Crippen LogP contribution in [0.1, 0.15) is 17.9 Å². The summed E-state index contributed by atoms with van der Waals surface area (Å²) >= 11 is 0. The summed E-state index contributed by atoms with van der Waals surface area (Å²) in [7, 11) is 0. The molecule has 10 rings (SSSR count). The van der Waals surface area contributed by atoms with Crippen molar-refractivity contribution in [2.24, 2.45) is 0 Å². The normalized spacial score (nSPS) is 13.9. The van der Waals surface area contributed by atoms with Crippen molar-refractivity contribution in [3.05, 3.63) is 200 Å². The zero-order valence-electron chi connectivity index (χ0n) is 29.5. The summed E-state index contributed by atoms with van der Waals surface area (Å²) in [5, 5.41) is 11.4. The molecule has 1 aliphatic rings. The van der Waals surface area contributed by atoms with Gasteiger partial charge in [-0.25, -0.2) is 0 Å². The topological polar surface area (TPSA) is 43.9 Å². The minimum absolute atomic E-state index is 0.359. The van der Waals surface area contributed by atoms with Gasteiger partial charge < -0.3 is 8.98 Å². The molecule has 0 amide bonds. The number of hydrogen-bond donors (Lipinski definition) is 0. The van der Waals surface area contributed by atoms with E-state index in [2.05, 4.69) is 203 Å². The van der Waals surface area contributed by atoms with Crippen LogP contribution in [0.4, 0.5) is 0 Å². The van der Waals surface area contributed by atoms with Gasteiger partial charge in [0.2, 0.25) is 11.8 Å². The predicted octanol–water partition coefficient (Wildman–Crippen LogP) is 13.1. The van der Waals surface area contributed by atoms with Crippen LogP contribution in [0.5, 0.6) is 0 Å². The van der Waals surface area contributed by atoms with Gasteiger partial charge in [-0.05, 0) is 93.9 Å². The number of para-hydroxylation sites is 2. The third-order valence-corrected chi connectivity index (χ3v) is 10.6. The fourth-order valence-electron chi connectivity index (χ4n) is 7.91. The Morgan fingerprint density at radius 1 is 0.463 bits per heavy atom. The van der Waals surface area contributed by atoms with Crippen LogP contribution < -0.4 is 0 Å². The van der Waals surface area contributed by atoms with Crippen molar-refractivity contribution in [3.8, 4) is 62.0 Å². The number of hydrogen-bond acceptors (Lipinski definition) is 3. The summed E-state index contributed by atoms with van der Waals surface area (Å²) in [5.74, 6) is 1.39. The fourth-order valence-corrected chi connectivity index (χ4v) is 7.91. The van der Waals surface area contributed by atoms with E-state index in [4.69, 9.17) is 4.42 Å². The largest absolute Gasteiger partial charge is 0.416 e. The summed E-state index contributed by atoms with van der Waals surface area (Å²) in [5.41, 5.74) is 13.6. The van der Waals surface area contributed by atoms with Crippen molar-refractivity contribution in [1.29, 1.82) is 0 Å². The molecule has 1 atom stereocenters. The molecule has 1 unspecified atom stereocenters. The summed E-state index contributed by atoms with van der Waals surface area (Å²) < 4.78 is 8.58. The predicted molar refractivity (Wildman–Crippen MR) is 221 cm³/mol. The van der Waals surface area contributed by atoms with E-state index in [0.29, 0.717) is 17.7 Å². The molecule has 7 aromatic carbocycles. The molecule has 0 radical (unpaired) electrons. The van der Waals surface area contributed by atoms with Crippen LogP contribution >= 0.6 is 0 Å². The monoisotopic (exact) mass is 693 g/mol. The summed E-state index contributed by atoms with van der Waals surface area (Å²) in [6.45, 7) is 0. The third kappa shape index (κ3) is 5.65. The van der Waals surface area contributed by atoms with E-state index in [1.54, 1.807) is 0 Å². The van der Waals surface area contributed by atoms with Gasteiger partial charge in [0.05, 0.1) is 11.0 Å². The Bertz CT molecular complexity index is 2800. The first-order valence-corrected chi connectivity index (χ1v) is 18.4. The van der Waals surface area contributed by atoms with E-state index in [9.17, 15) is 0 Å². The van der Waals surface area contributed by atoms with Gasteiger partial charge in [0.15, 0.2) is 0 Å². The molecule has 0 bridgehead atoms. The average Bonchev–Trinajstić information content (AvgIpc) is 3.88. The highest BCUT2D eigenvalue weighted by Crippen LogP contribution is 2.40.